The van der Waals surface area contributed by atoms with E-state index in [2.05, 4.69) is 5.32 Å². The van der Waals surface area contributed by atoms with Gasteiger partial charge in [0.1, 0.15) is 11.9 Å². The lowest BCUT2D eigenvalue weighted by atomic mass is 10.1. The molecule has 7 heteroatoms. The van der Waals surface area contributed by atoms with E-state index in [0.29, 0.717) is 30.2 Å². The summed E-state index contributed by atoms with van der Waals surface area (Å²) in [5.41, 5.74) is 0.785. The molecule has 2 amide bonds. The van der Waals surface area contributed by atoms with Crippen molar-refractivity contribution in [1.29, 1.82) is 0 Å². The molecule has 1 atom stereocenters. The molecule has 0 heterocycles. The maximum atomic E-state index is 13.2. The molecule has 0 fully saturated rings. The van der Waals surface area contributed by atoms with Crippen LogP contribution in [0.4, 0.5) is 4.39 Å². The average Bonchev–Trinajstić information content (AvgIpc) is 2.71. The van der Waals surface area contributed by atoms with E-state index in [4.69, 9.17) is 11.6 Å². The van der Waals surface area contributed by atoms with Gasteiger partial charge < -0.3 is 10.2 Å². The molecule has 0 spiro atoms. The van der Waals surface area contributed by atoms with Gasteiger partial charge in [0.2, 0.25) is 11.8 Å². The third-order valence-electron chi connectivity index (χ3n) is 4.40. The van der Waals surface area contributed by atoms with Crippen molar-refractivity contribution in [1.82, 2.24) is 10.2 Å². The summed E-state index contributed by atoms with van der Waals surface area (Å²) in [5, 5.41) is 3.47. The quantitative estimate of drug-likeness (QED) is 0.538. The fourth-order valence-corrected chi connectivity index (χ4v) is 3.90. The van der Waals surface area contributed by atoms with Crippen molar-refractivity contribution >= 4 is 35.2 Å². The van der Waals surface area contributed by atoms with Gasteiger partial charge in [0, 0.05) is 35.2 Å². The molecule has 1 N–H and O–H groups in total. The number of halogens is 2. The molecule has 0 saturated carbocycles. The van der Waals surface area contributed by atoms with Crippen LogP contribution in [0.15, 0.2) is 53.4 Å². The van der Waals surface area contributed by atoms with Crippen molar-refractivity contribution in [3.8, 4) is 0 Å². The predicted molar refractivity (Wildman–Crippen MR) is 117 cm³/mol. The number of nitrogens with zero attached hydrogens (tertiary/aromatic N) is 1. The summed E-state index contributed by atoms with van der Waals surface area (Å²) in [7, 11) is 0. The topological polar surface area (TPSA) is 49.4 Å². The molecule has 0 bridgehead atoms. The number of nitrogens with one attached hydrogen (secondary N) is 1. The van der Waals surface area contributed by atoms with Crippen molar-refractivity contribution in [2.75, 3.05) is 12.3 Å². The summed E-state index contributed by atoms with van der Waals surface area (Å²) in [6.45, 7) is 4.49. The number of carbonyl (C=O) groups is 2. The van der Waals surface area contributed by atoms with E-state index in [-0.39, 0.29) is 24.2 Å². The van der Waals surface area contributed by atoms with Crippen LogP contribution in [-0.4, -0.2) is 35.1 Å². The lowest BCUT2D eigenvalue weighted by Crippen LogP contribution is -2.49. The zero-order valence-corrected chi connectivity index (χ0v) is 18.2. The monoisotopic (exact) mass is 436 g/mol. The summed E-state index contributed by atoms with van der Waals surface area (Å²) >= 11 is 7.46. The molecular weight excluding hydrogens is 411 g/mol. The molecule has 2 rings (SSSR count). The number of thioether (sulfide) groups is 1. The number of rotatable bonds is 10. The second kappa shape index (κ2) is 11.8. The van der Waals surface area contributed by atoms with Gasteiger partial charge in [0.05, 0.1) is 0 Å². The normalized spacial score (nSPS) is 11.7. The first-order chi connectivity index (χ1) is 13.9. The molecule has 0 saturated heterocycles. The zero-order chi connectivity index (χ0) is 21.2. The minimum Gasteiger partial charge on any atom is -0.355 e. The minimum absolute atomic E-state index is 0.103. The number of benzene rings is 2. The third-order valence-corrected chi connectivity index (χ3v) is 5.67. The van der Waals surface area contributed by atoms with Gasteiger partial charge in [-0.25, -0.2) is 4.39 Å². The number of amides is 2. The second-order valence-corrected chi connectivity index (χ2v) is 8.12. The van der Waals surface area contributed by atoms with Crippen LogP contribution in [0.2, 0.25) is 5.02 Å². The summed E-state index contributed by atoms with van der Waals surface area (Å²) in [6, 6.07) is 12.9. The van der Waals surface area contributed by atoms with E-state index in [9.17, 15) is 14.0 Å². The van der Waals surface area contributed by atoms with E-state index in [1.165, 1.54) is 12.1 Å². The van der Waals surface area contributed by atoms with Gasteiger partial charge in [0.15, 0.2) is 0 Å². The highest BCUT2D eigenvalue weighted by Gasteiger charge is 2.28. The summed E-state index contributed by atoms with van der Waals surface area (Å²) in [4.78, 5) is 28.1. The lowest BCUT2D eigenvalue weighted by Gasteiger charge is -2.30. The summed E-state index contributed by atoms with van der Waals surface area (Å²) < 4.78 is 13.2. The molecule has 0 aromatic heterocycles. The fraction of sp³-hybridized carbons (Fsp3) is 0.364. The van der Waals surface area contributed by atoms with Crippen LogP contribution < -0.4 is 5.32 Å². The van der Waals surface area contributed by atoms with Gasteiger partial charge in [-0.1, -0.05) is 30.7 Å². The van der Waals surface area contributed by atoms with E-state index in [0.717, 1.165) is 10.5 Å². The van der Waals surface area contributed by atoms with Crippen LogP contribution in [0, 0.1) is 5.82 Å². The first kappa shape index (κ1) is 23.2. The van der Waals surface area contributed by atoms with Crippen LogP contribution in [-0.2, 0) is 16.1 Å². The Balaban J connectivity index is 2.08. The van der Waals surface area contributed by atoms with Crippen LogP contribution in [0.3, 0.4) is 0 Å². The van der Waals surface area contributed by atoms with Crippen molar-refractivity contribution in [3.63, 3.8) is 0 Å². The Bertz CT molecular complexity index is 799. The summed E-state index contributed by atoms with van der Waals surface area (Å²) in [5.74, 6) is -0.0156. The molecule has 0 aliphatic heterocycles. The molecule has 2 aromatic carbocycles. The van der Waals surface area contributed by atoms with Gasteiger partial charge in [-0.3, -0.25) is 9.59 Å². The van der Waals surface area contributed by atoms with Gasteiger partial charge in [0.25, 0.3) is 0 Å². The maximum Gasteiger partial charge on any atom is 0.242 e. The molecule has 156 valence electrons. The Morgan fingerprint density at radius 3 is 2.34 bits per heavy atom. The van der Waals surface area contributed by atoms with E-state index < -0.39 is 6.04 Å². The Kier molecular flexibility index (Phi) is 9.48. The predicted octanol–water partition coefficient (Wildman–Crippen LogP) is 4.90. The number of hydrogen-bond acceptors (Lipinski definition) is 3. The molecule has 29 heavy (non-hydrogen) atoms. The van der Waals surface area contributed by atoms with Crippen molar-refractivity contribution in [2.24, 2.45) is 0 Å². The standard InChI is InChI=1S/C22H26ClFN2O2S/c1-3-20(22(28)25-4-2)26(15-16-5-9-18(24)10-6-16)21(27)13-14-29-19-11-7-17(23)8-12-19/h5-12,20H,3-4,13-15H2,1-2H3,(H,25,28)/t20-/m1/s1. The van der Waals surface area contributed by atoms with Gasteiger partial charge in [-0.2, -0.15) is 0 Å². The van der Waals surface area contributed by atoms with Crippen LogP contribution in [0.1, 0.15) is 32.3 Å². The Hall–Kier alpha value is -2.05. The molecule has 4 nitrogen and oxygen atoms in total. The van der Waals surface area contributed by atoms with E-state index in [1.54, 1.807) is 28.8 Å². The first-order valence-electron chi connectivity index (χ1n) is 9.64. The SMILES string of the molecule is CCNC(=O)[C@@H](CC)N(Cc1ccc(F)cc1)C(=O)CCSc1ccc(Cl)cc1. The lowest BCUT2D eigenvalue weighted by molar-refractivity contribution is -0.141. The zero-order valence-electron chi connectivity index (χ0n) is 16.7. The fourth-order valence-electron chi connectivity index (χ4n) is 2.93. The number of likely N-dealkylation sites (N-methyl/N-ethyl adjacent to an activating group) is 1. The molecule has 0 aliphatic rings. The largest absolute Gasteiger partial charge is 0.355 e. The van der Waals surface area contributed by atoms with Gasteiger partial charge >= 0.3 is 0 Å². The summed E-state index contributed by atoms with van der Waals surface area (Å²) in [6.07, 6.45) is 0.799. The highest BCUT2D eigenvalue weighted by Crippen LogP contribution is 2.22. The molecule has 0 unspecified atom stereocenters. The molecule has 2 aromatic rings. The Morgan fingerprint density at radius 2 is 1.76 bits per heavy atom. The first-order valence-corrected chi connectivity index (χ1v) is 11.0. The van der Waals surface area contributed by atoms with E-state index in [1.807, 2.05) is 38.1 Å². The molecule has 0 aliphatic carbocycles. The highest BCUT2D eigenvalue weighted by atomic mass is 35.5. The number of hydrogen-bond donors (Lipinski definition) is 1. The molecular formula is C22H26ClFN2O2S. The van der Waals surface area contributed by atoms with Crippen molar-refractivity contribution < 1.29 is 14.0 Å². The van der Waals surface area contributed by atoms with Crippen molar-refractivity contribution in [3.05, 3.63) is 64.9 Å². The second-order valence-electron chi connectivity index (χ2n) is 6.52. The minimum atomic E-state index is -0.562. The highest BCUT2D eigenvalue weighted by molar-refractivity contribution is 7.99. The van der Waals surface area contributed by atoms with Crippen LogP contribution >= 0.6 is 23.4 Å². The van der Waals surface area contributed by atoms with E-state index >= 15 is 0 Å². The number of carbonyl (C=O) groups excluding carboxylic acids is 2. The Labute approximate surface area is 180 Å². The average molecular weight is 437 g/mol. The third kappa shape index (κ3) is 7.37. The Morgan fingerprint density at radius 1 is 1.10 bits per heavy atom. The van der Waals surface area contributed by atoms with Crippen LogP contribution in [0.25, 0.3) is 0 Å². The van der Waals surface area contributed by atoms with Crippen molar-refractivity contribution in [2.45, 2.75) is 44.2 Å². The smallest absolute Gasteiger partial charge is 0.242 e. The van der Waals surface area contributed by atoms with Gasteiger partial charge in [-0.05, 0) is 55.3 Å². The van der Waals surface area contributed by atoms with Crippen LogP contribution in [0.5, 0.6) is 0 Å². The van der Waals surface area contributed by atoms with Gasteiger partial charge in [-0.15, -0.1) is 11.8 Å². The molecule has 0 radical (unpaired) electrons. The maximum absolute atomic E-state index is 13.2.